The zero-order valence-electron chi connectivity index (χ0n) is 24.7. The molecule has 6 rings (SSSR count). The Labute approximate surface area is 258 Å². The molecule has 3 N–H and O–H groups in total. The minimum absolute atomic E-state index is 0.0371. The number of hydrogen-bond acceptors (Lipinski definition) is 8. The van der Waals surface area contributed by atoms with Gasteiger partial charge in [0.1, 0.15) is 12.2 Å². The van der Waals surface area contributed by atoms with Gasteiger partial charge in [0, 0.05) is 68.1 Å². The van der Waals surface area contributed by atoms with Crippen LogP contribution in [0.4, 0.5) is 20.3 Å². The molecule has 5 heterocycles. The normalized spacial score (nSPS) is 18.5. The summed E-state index contributed by atoms with van der Waals surface area (Å²) in [5.74, 6) is 2.67. The fraction of sp³-hybridized carbons (Fsp3) is 0.387. The number of aromatic nitrogens is 5. The van der Waals surface area contributed by atoms with Crippen molar-refractivity contribution in [3.05, 3.63) is 59.8 Å². The van der Waals surface area contributed by atoms with Gasteiger partial charge in [-0.3, -0.25) is 18.7 Å². The Bertz CT molecular complexity index is 1770. The molecule has 0 unspecified atom stereocenters. The predicted molar refractivity (Wildman–Crippen MR) is 162 cm³/mol. The highest BCUT2D eigenvalue weighted by molar-refractivity contribution is 5.96. The zero-order chi connectivity index (χ0) is 31.7. The topological polar surface area (TPSA) is 133 Å². The molecule has 234 valence electrons. The quantitative estimate of drug-likeness (QED) is 0.257. The number of aliphatic hydroxyl groups is 1. The lowest BCUT2D eigenvalue weighted by Crippen LogP contribution is -2.54. The van der Waals surface area contributed by atoms with Crippen molar-refractivity contribution in [3.63, 3.8) is 0 Å². The van der Waals surface area contributed by atoms with E-state index in [0.29, 0.717) is 74.0 Å². The smallest absolute Gasteiger partial charge is 0.282 e. The second-order valence-electron chi connectivity index (χ2n) is 11.1. The van der Waals surface area contributed by atoms with Crippen LogP contribution < -0.4 is 10.6 Å². The number of anilines is 2. The average molecular weight is 618 g/mol. The van der Waals surface area contributed by atoms with E-state index in [0.717, 1.165) is 5.56 Å². The molecule has 0 aliphatic carbocycles. The van der Waals surface area contributed by atoms with Gasteiger partial charge in [0.2, 0.25) is 5.91 Å². The van der Waals surface area contributed by atoms with Gasteiger partial charge in [-0.2, -0.15) is 5.10 Å². The molecule has 0 spiro atoms. The monoisotopic (exact) mass is 617 g/mol. The first-order valence-corrected chi connectivity index (χ1v) is 14.8. The summed E-state index contributed by atoms with van der Waals surface area (Å²) in [7, 11) is 0. The number of nitrogens with zero attached hydrogens (tertiary/aromatic N) is 7. The van der Waals surface area contributed by atoms with E-state index < -0.39 is 12.5 Å². The number of β-amino-alcohol motifs (C(OH)–C–C–N with tert-alkyl or cyclic N) is 1. The van der Waals surface area contributed by atoms with E-state index >= 15 is 0 Å². The third-order valence-electron chi connectivity index (χ3n) is 8.22. The molecule has 2 aliphatic heterocycles. The number of aliphatic hydroxyl groups excluding tert-OH is 1. The van der Waals surface area contributed by atoms with Crippen molar-refractivity contribution in [1.82, 2.24) is 39.3 Å². The number of halogens is 2. The molecule has 2 amide bonds. The number of benzene rings is 1. The predicted octanol–water partition coefficient (Wildman–Crippen LogP) is 2.48. The lowest BCUT2D eigenvalue weighted by molar-refractivity contribution is -0.134. The van der Waals surface area contributed by atoms with Gasteiger partial charge in [-0.1, -0.05) is 12.8 Å². The molecule has 2 fully saturated rings. The van der Waals surface area contributed by atoms with Crippen molar-refractivity contribution < 1.29 is 23.5 Å². The van der Waals surface area contributed by atoms with Crippen molar-refractivity contribution in [3.8, 4) is 23.6 Å². The van der Waals surface area contributed by atoms with E-state index in [-0.39, 0.29) is 35.7 Å². The Kier molecular flexibility index (Phi) is 8.46. The third-order valence-corrected chi connectivity index (χ3v) is 8.22. The van der Waals surface area contributed by atoms with Crippen LogP contribution in [0.15, 0.2) is 43.0 Å². The van der Waals surface area contributed by atoms with Crippen LogP contribution in [0, 0.1) is 12.3 Å². The highest BCUT2D eigenvalue weighted by Crippen LogP contribution is 2.32. The number of carbonyl (C=O) groups excluding carboxylic acids is 2. The Hall–Kier alpha value is -4.87. The van der Waals surface area contributed by atoms with Crippen molar-refractivity contribution in [2.45, 2.75) is 44.9 Å². The van der Waals surface area contributed by atoms with Crippen LogP contribution in [0.2, 0.25) is 0 Å². The van der Waals surface area contributed by atoms with E-state index in [2.05, 4.69) is 31.6 Å². The standard InChI is InChI=1S/C31H33F2N9O3/c1-3-8-41-18-23(26(38-41)27(32)33)25-17-36-29-28(34-7-9-42(25)29)37-20-5-6-22(19(4-2)14-20)30(44)39-10-12-40(13-11-39)31(45)24-15-21(43)16-35-24/h1,5-7,9,14,17-18,21,24,27,35,43H,4,8,10-13,15-16H2,2H3,(H,34,37)/t21-,24+/m1/s1. The summed E-state index contributed by atoms with van der Waals surface area (Å²) in [5, 5.41) is 20.0. The lowest BCUT2D eigenvalue weighted by atomic mass is 10.0. The fourth-order valence-corrected chi connectivity index (χ4v) is 5.91. The number of imidazole rings is 1. The second-order valence-corrected chi connectivity index (χ2v) is 11.1. The lowest BCUT2D eigenvalue weighted by Gasteiger charge is -2.36. The molecular weight excluding hydrogens is 584 g/mol. The highest BCUT2D eigenvalue weighted by atomic mass is 19.3. The molecular formula is C31H33F2N9O3. The van der Waals surface area contributed by atoms with Crippen LogP contribution in [0.1, 0.15) is 41.4 Å². The third kappa shape index (κ3) is 5.96. The summed E-state index contributed by atoms with van der Waals surface area (Å²) in [6.07, 6.45) is 9.20. The van der Waals surface area contributed by atoms with Crippen molar-refractivity contribution >= 4 is 29.0 Å². The van der Waals surface area contributed by atoms with E-state index in [1.54, 1.807) is 38.7 Å². The van der Waals surface area contributed by atoms with Gasteiger partial charge in [-0.25, -0.2) is 18.7 Å². The zero-order valence-corrected chi connectivity index (χ0v) is 24.7. The Morgan fingerprint density at radius 2 is 1.98 bits per heavy atom. The van der Waals surface area contributed by atoms with Gasteiger partial charge in [0.25, 0.3) is 12.3 Å². The Morgan fingerprint density at radius 1 is 1.20 bits per heavy atom. The summed E-state index contributed by atoms with van der Waals surface area (Å²) in [4.78, 5) is 38.7. The maximum Gasteiger partial charge on any atom is 0.282 e. The summed E-state index contributed by atoms with van der Waals surface area (Å²) in [6.45, 7) is 4.16. The summed E-state index contributed by atoms with van der Waals surface area (Å²) in [5.41, 5.74) is 2.79. The van der Waals surface area contributed by atoms with E-state index in [9.17, 15) is 23.5 Å². The number of carbonyl (C=O) groups is 2. The Morgan fingerprint density at radius 3 is 2.67 bits per heavy atom. The SMILES string of the molecule is C#CCn1cc(-c2cnc3c(Nc4ccc(C(=O)N5CCN(C(=O)[C@@H]6C[C@@H](O)CN6)CC5)c(CC)c4)nccn23)c(C(F)F)n1. The largest absolute Gasteiger partial charge is 0.392 e. The molecule has 14 heteroatoms. The van der Waals surface area contributed by atoms with Crippen LogP contribution in [0.3, 0.4) is 0 Å². The van der Waals surface area contributed by atoms with Crippen LogP contribution in [0.5, 0.6) is 0 Å². The Balaban J connectivity index is 1.18. The number of piperazine rings is 1. The summed E-state index contributed by atoms with van der Waals surface area (Å²) >= 11 is 0. The maximum absolute atomic E-state index is 13.8. The number of aryl methyl sites for hydroxylation is 1. The summed E-state index contributed by atoms with van der Waals surface area (Å²) in [6, 6.07) is 5.07. The first-order chi connectivity index (χ1) is 21.8. The summed E-state index contributed by atoms with van der Waals surface area (Å²) < 4.78 is 30.6. The number of rotatable bonds is 8. The number of alkyl halides is 2. The number of amides is 2. The molecule has 4 aromatic rings. The van der Waals surface area contributed by atoms with Gasteiger partial charge < -0.3 is 25.5 Å². The van der Waals surface area contributed by atoms with Crippen LogP contribution in [-0.4, -0.2) is 95.7 Å². The van der Waals surface area contributed by atoms with Gasteiger partial charge in [0.05, 0.1) is 24.0 Å². The second kappa shape index (κ2) is 12.6. The molecule has 0 bridgehead atoms. The number of terminal acetylenes is 1. The van der Waals surface area contributed by atoms with Gasteiger partial charge in [-0.05, 0) is 36.6 Å². The molecule has 1 aromatic carbocycles. The van der Waals surface area contributed by atoms with Crippen LogP contribution >= 0.6 is 0 Å². The minimum atomic E-state index is -2.80. The van der Waals surface area contributed by atoms with Crippen molar-refractivity contribution in [2.24, 2.45) is 0 Å². The van der Waals surface area contributed by atoms with E-state index in [1.165, 1.54) is 17.1 Å². The van der Waals surface area contributed by atoms with E-state index in [1.807, 2.05) is 13.0 Å². The molecule has 45 heavy (non-hydrogen) atoms. The molecule has 2 aliphatic rings. The molecule has 3 aromatic heterocycles. The molecule has 12 nitrogen and oxygen atoms in total. The average Bonchev–Trinajstić information content (AvgIpc) is 3.79. The van der Waals surface area contributed by atoms with Gasteiger partial charge in [-0.15, -0.1) is 6.42 Å². The number of fused-ring (bicyclic) bond motifs is 1. The van der Waals surface area contributed by atoms with Crippen LogP contribution in [-0.2, 0) is 17.8 Å². The fourth-order valence-electron chi connectivity index (χ4n) is 5.91. The van der Waals surface area contributed by atoms with Crippen LogP contribution in [0.25, 0.3) is 16.9 Å². The number of hydrogen-bond donors (Lipinski definition) is 3. The maximum atomic E-state index is 13.8. The van der Waals surface area contributed by atoms with Gasteiger partial charge >= 0.3 is 0 Å². The first kappa shape index (κ1) is 30.2. The molecule has 0 radical (unpaired) electrons. The number of nitrogens with one attached hydrogen (secondary N) is 2. The molecule has 2 saturated heterocycles. The van der Waals surface area contributed by atoms with Gasteiger partial charge in [0.15, 0.2) is 11.5 Å². The van der Waals surface area contributed by atoms with Crippen molar-refractivity contribution in [1.29, 1.82) is 0 Å². The molecule has 2 atom stereocenters. The highest BCUT2D eigenvalue weighted by Gasteiger charge is 2.34. The molecule has 0 saturated carbocycles. The minimum Gasteiger partial charge on any atom is -0.392 e. The first-order valence-electron chi connectivity index (χ1n) is 14.8. The van der Waals surface area contributed by atoms with Crippen molar-refractivity contribution in [2.75, 3.05) is 38.0 Å². The van der Waals surface area contributed by atoms with E-state index in [4.69, 9.17) is 6.42 Å².